The summed E-state index contributed by atoms with van der Waals surface area (Å²) in [6.45, 7) is 0.627. The van der Waals surface area contributed by atoms with Crippen LogP contribution in [0.3, 0.4) is 0 Å². The van der Waals surface area contributed by atoms with E-state index < -0.39 is 10.0 Å². The molecule has 2 aliphatic carbocycles. The Morgan fingerprint density at radius 2 is 1.82 bits per heavy atom. The smallest absolute Gasteiger partial charge is 0.211 e. The zero-order valence-electron chi connectivity index (χ0n) is 15.9. The Labute approximate surface area is 165 Å². The number of aromatic amines is 1. The molecule has 0 atom stereocenters. The van der Waals surface area contributed by atoms with Crippen LogP contribution in [-0.4, -0.2) is 35.7 Å². The van der Waals surface area contributed by atoms with Crippen molar-refractivity contribution in [3.05, 3.63) is 36.3 Å². The molecule has 5 rings (SSSR count). The van der Waals surface area contributed by atoms with Gasteiger partial charge >= 0.3 is 0 Å². The maximum atomic E-state index is 12.3. The van der Waals surface area contributed by atoms with Gasteiger partial charge in [0.2, 0.25) is 10.0 Å². The fourth-order valence-corrected chi connectivity index (χ4v) is 6.16. The monoisotopic (exact) mass is 398 g/mol. The van der Waals surface area contributed by atoms with Crippen LogP contribution in [0.2, 0.25) is 0 Å². The van der Waals surface area contributed by atoms with E-state index in [9.17, 15) is 8.42 Å². The summed E-state index contributed by atoms with van der Waals surface area (Å²) in [6.07, 6.45) is 12.0. The van der Waals surface area contributed by atoms with Crippen LogP contribution in [-0.2, 0) is 10.0 Å². The maximum Gasteiger partial charge on any atom is 0.211 e. The molecule has 0 aliphatic heterocycles. The molecule has 0 radical (unpaired) electrons. The predicted octanol–water partition coefficient (Wildman–Crippen LogP) is 3.71. The Hall–Kier alpha value is -1.99. The molecule has 3 aromatic rings. The van der Waals surface area contributed by atoms with Crippen LogP contribution >= 0.6 is 0 Å². The van der Waals surface area contributed by atoms with E-state index in [4.69, 9.17) is 0 Å². The molecule has 3 heterocycles. The summed E-state index contributed by atoms with van der Waals surface area (Å²) in [5, 5.41) is 2.31. The van der Waals surface area contributed by atoms with Gasteiger partial charge < -0.3 is 4.98 Å². The van der Waals surface area contributed by atoms with Crippen molar-refractivity contribution in [3.63, 3.8) is 0 Å². The van der Waals surface area contributed by atoms with Gasteiger partial charge in [0, 0.05) is 29.7 Å². The molecule has 2 aliphatic rings. The summed E-state index contributed by atoms with van der Waals surface area (Å²) in [4.78, 5) is 12.1. The number of nitrogens with zero attached hydrogens (tertiary/aromatic N) is 2. The Kier molecular flexibility index (Phi) is 4.59. The summed E-state index contributed by atoms with van der Waals surface area (Å²) < 4.78 is 27.5. The Balaban J connectivity index is 1.31. The molecule has 0 saturated heterocycles. The number of nitrogens with one attached hydrogen (secondary N) is 2. The van der Waals surface area contributed by atoms with E-state index in [1.807, 2.05) is 24.7 Å². The highest BCUT2D eigenvalue weighted by atomic mass is 32.2. The second-order valence-electron chi connectivity index (χ2n) is 8.45. The van der Waals surface area contributed by atoms with E-state index in [2.05, 4.69) is 25.7 Å². The third-order valence-electron chi connectivity index (χ3n) is 6.35. The number of pyridine rings is 2. The van der Waals surface area contributed by atoms with Gasteiger partial charge in [-0.25, -0.2) is 23.1 Å². The molecule has 2 N–H and O–H groups in total. The summed E-state index contributed by atoms with van der Waals surface area (Å²) in [5.41, 5.74) is 3.16. The van der Waals surface area contributed by atoms with Gasteiger partial charge in [0.15, 0.2) is 5.65 Å². The zero-order chi connectivity index (χ0) is 19.1. The minimum Gasteiger partial charge on any atom is -0.360 e. The highest BCUT2D eigenvalue weighted by molar-refractivity contribution is 7.89. The minimum atomic E-state index is -3.15. The Bertz CT molecular complexity index is 1100. The highest BCUT2D eigenvalue weighted by Gasteiger charge is 2.29. The Morgan fingerprint density at radius 1 is 1.04 bits per heavy atom. The molecule has 6 nitrogen and oxygen atoms in total. The third-order valence-corrected chi connectivity index (χ3v) is 7.87. The summed E-state index contributed by atoms with van der Waals surface area (Å²) >= 11 is 0. The van der Waals surface area contributed by atoms with Crippen molar-refractivity contribution < 1.29 is 8.42 Å². The van der Waals surface area contributed by atoms with Crippen molar-refractivity contribution in [1.29, 1.82) is 0 Å². The first kappa shape index (κ1) is 18.1. The number of hydrogen-bond donors (Lipinski definition) is 2. The van der Waals surface area contributed by atoms with Gasteiger partial charge in [-0.3, -0.25) is 0 Å². The van der Waals surface area contributed by atoms with Gasteiger partial charge in [-0.05, 0) is 74.0 Å². The first-order valence-electron chi connectivity index (χ1n) is 10.3. The van der Waals surface area contributed by atoms with Crippen molar-refractivity contribution in [2.45, 2.75) is 44.4 Å². The first-order chi connectivity index (χ1) is 13.6. The lowest BCUT2D eigenvalue weighted by molar-refractivity contribution is 0.349. The van der Waals surface area contributed by atoms with E-state index in [0.29, 0.717) is 18.4 Å². The van der Waals surface area contributed by atoms with Gasteiger partial charge in [-0.15, -0.1) is 0 Å². The first-order valence-corrected chi connectivity index (χ1v) is 11.9. The molecular weight excluding hydrogens is 372 g/mol. The quantitative estimate of drug-likeness (QED) is 0.662. The van der Waals surface area contributed by atoms with E-state index in [1.165, 1.54) is 10.9 Å². The van der Waals surface area contributed by atoms with Crippen LogP contribution in [0.25, 0.3) is 21.9 Å². The molecule has 0 aromatic carbocycles. The van der Waals surface area contributed by atoms with E-state index >= 15 is 0 Å². The van der Waals surface area contributed by atoms with Crippen molar-refractivity contribution >= 4 is 32.0 Å². The number of rotatable bonds is 6. The molecule has 0 unspecified atom stereocenters. The fraction of sp³-hybridized carbons (Fsp3) is 0.524. The third kappa shape index (κ3) is 3.65. The van der Waals surface area contributed by atoms with Crippen LogP contribution in [0.5, 0.6) is 0 Å². The lowest BCUT2D eigenvalue weighted by Gasteiger charge is -2.29. The van der Waals surface area contributed by atoms with Gasteiger partial charge in [0.05, 0.1) is 17.5 Å². The number of sulfonamides is 1. The molecule has 3 aromatic heterocycles. The molecular formula is C21H26N4O2S. The summed E-state index contributed by atoms with van der Waals surface area (Å²) in [6, 6.07) is 4.21. The number of fused-ring (bicyclic) bond motifs is 3. The Morgan fingerprint density at radius 3 is 2.61 bits per heavy atom. The van der Waals surface area contributed by atoms with Crippen LogP contribution in [0.4, 0.5) is 0 Å². The van der Waals surface area contributed by atoms with Crippen LogP contribution in [0, 0.1) is 11.8 Å². The highest BCUT2D eigenvalue weighted by Crippen LogP contribution is 2.40. The molecule has 0 bridgehead atoms. The number of aromatic nitrogens is 3. The van der Waals surface area contributed by atoms with E-state index in [-0.39, 0.29) is 11.7 Å². The molecule has 148 valence electrons. The minimum absolute atomic E-state index is 0.261. The summed E-state index contributed by atoms with van der Waals surface area (Å²) in [5.74, 6) is 1.56. The zero-order valence-corrected chi connectivity index (χ0v) is 16.7. The van der Waals surface area contributed by atoms with Crippen LogP contribution in [0.1, 0.15) is 50.0 Å². The van der Waals surface area contributed by atoms with Gasteiger partial charge in [0.1, 0.15) is 0 Å². The van der Waals surface area contributed by atoms with E-state index in [1.54, 1.807) is 0 Å². The van der Waals surface area contributed by atoms with E-state index in [0.717, 1.165) is 55.1 Å². The molecule has 0 amide bonds. The number of hydrogen-bond acceptors (Lipinski definition) is 4. The van der Waals surface area contributed by atoms with Crippen LogP contribution in [0.15, 0.2) is 30.7 Å². The predicted molar refractivity (Wildman–Crippen MR) is 111 cm³/mol. The average molecular weight is 399 g/mol. The SMILES string of the molecule is O=S(=O)(CC1CCC(c2cc[nH]c3cnc4nccc4c23)CC1)NCC1CC1. The van der Waals surface area contributed by atoms with Crippen molar-refractivity contribution in [2.24, 2.45) is 11.8 Å². The van der Waals surface area contributed by atoms with Gasteiger partial charge in [-0.2, -0.15) is 0 Å². The van der Waals surface area contributed by atoms with Crippen molar-refractivity contribution in [2.75, 3.05) is 12.3 Å². The largest absolute Gasteiger partial charge is 0.360 e. The second-order valence-corrected chi connectivity index (χ2v) is 10.3. The second kappa shape index (κ2) is 7.12. The van der Waals surface area contributed by atoms with Crippen molar-refractivity contribution in [1.82, 2.24) is 19.7 Å². The summed E-state index contributed by atoms with van der Waals surface area (Å²) in [7, 11) is -3.15. The molecule has 7 heteroatoms. The average Bonchev–Trinajstić information content (AvgIpc) is 3.41. The normalized spacial score (nSPS) is 23.4. The number of H-pyrrole nitrogens is 1. The lowest BCUT2D eigenvalue weighted by atomic mass is 9.78. The van der Waals surface area contributed by atoms with Crippen molar-refractivity contribution in [3.8, 4) is 0 Å². The fourth-order valence-electron chi connectivity index (χ4n) is 4.60. The maximum absolute atomic E-state index is 12.3. The molecule has 28 heavy (non-hydrogen) atoms. The van der Waals surface area contributed by atoms with Gasteiger partial charge in [-0.1, -0.05) is 0 Å². The lowest BCUT2D eigenvalue weighted by Crippen LogP contribution is -2.32. The van der Waals surface area contributed by atoms with Gasteiger partial charge in [0.25, 0.3) is 0 Å². The molecule has 0 spiro atoms. The van der Waals surface area contributed by atoms with Crippen LogP contribution < -0.4 is 4.72 Å². The standard InChI is InChI=1S/C21H26N4O2S/c26-28(27,25-11-14-1-2-14)13-15-3-5-16(6-4-15)17-7-9-22-19-12-24-21-18(20(17)19)8-10-23-21/h7-10,12,14-16,22,25H,1-6,11,13H2. The molecule has 2 fully saturated rings. The topological polar surface area (TPSA) is 87.7 Å². The molecule has 2 saturated carbocycles.